The first-order valence-corrected chi connectivity index (χ1v) is 10.1. The first-order valence-electron chi connectivity index (χ1n) is 8.60. The number of pyridine rings is 1. The van der Waals surface area contributed by atoms with Gasteiger partial charge in [-0.2, -0.15) is 0 Å². The average Bonchev–Trinajstić information content (AvgIpc) is 3.12. The van der Waals surface area contributed by atoms with Gasteiger partial charge in [0, 0.05) is 17.4 Å². The van der Waals surface area contributed by atoms with Crippen molar-refractivity contribution in [1.82, 2.24) is 14.5 Å². The van der Waals surface area contributed by atoms with Crippen LogP contribution in [0.1, 0.15) is 11.3 Å². The number of rotatable bonds is 3. The Hall–Kier alpha value is -3.33. The molecule has 2 aromatic carbocycles. The number of imidazole rings is 1. The van der Waals surface area contributed by atoms with E-state index in [0.29, 0.717) is 22.8 Å². The highest BCUT2D eigenvalue weighted by atomic mass is 32.2. The van der Waals surface area contributed by atoms with Gasteiger partial charge in [0.25, 0.3) is 0 Å². The third-order valence-corrected chi connectivity index (χ3v) is 6.57. The van der Waals surface area contributed by atoms with Gasteiger partial charge in [0.1, 0.15) is 28.4 Å². The van der Waals surface area contributed by atoms with Crippen molar-refractivity contribution in [2.24, 2.45) is 0 Å². The molecule has 0 radical (unpaired) electrons. The molecule has 6 nitrogen and oxygen atoms in total. The van der Waals surface area contributed by atoms with Crippen LogP contribution in [-0.2, 0) is 9.84 Å². The molecule has 2 N–H and O–H groups in total. The number of nitrogens with zero attached hydrogens (tertiary/aromatic N) is 3. The SMILES string of the molecule is Cc1nc(N)c2ncn(-c3cccc(S(=O)(=O)c4ccc(F)cc4F)c3)c2c1C. The van der Waals surface area contributed by atoms with E-state index in [4.69, 9.17) is 5.73 Å². The van der Waals surface area contributed by atoms with Gasteiger partial charge in [-0.15, -0.1) is 0 Å². The van der Waals surface area contributed by atoms with Crippen LogP contribution in [0.5, 0.6) is 0 Å². The first-order chi connectivity index (χ1) is 13.7. The Morgan fingerprint density at radius 1 is 1.07 bits per heavy atom. The second-order valence-corrected chi connectivity index (χ2v) is 8.51. The van der Waals surface area contributed by atoms with E-state index in [1.807, 2.05) is 13.8 Å². The number of nitrogens with two attached hydrogens (primary N) is 1. The first kappa shape index (κ1) is 19.0. The van der Waals surface area contributed by atoms with Crippen LogP contribution >= 0.6 is 0 Å². The molecule has 9 heteroatoms. The summed E-state index contributed by atoms with van der Waals surface area (Å²) in [7, 11) is -4.19. The lowest BCUT2D eigenvalue weighted by atomic mass is 10.2. The molecule has 0 amide bonds. The topological polar surface area (TPSA) is 90.9 Å². The number of fused-ring (bicyclic) bond motifs is 1. The Bertz CT molecular complexity index is 1380. The lowest BCUT2D eigenvalue weighted by Gasteiger charge is -2.11. The van der Waals surface area contributed by atoms with Crippen molar-refractivity contribution in [2.75, 3.05) is 5.73 Å². The number of aromatic nitrogens is 3. The van der Waals surface area contributed by atoms with E-state index in [2.05, 4.69) is 9.97 Å². The molecule has 2 aromatic heterocycles. The second kappa shape index (κ2) is 6.63. The molecule has 0 fully saturated rings. The highest BCUT2D eigenvalue weighted by Crippen LogP contribution is 2.29. The Morgan fingerprint density at radius 2 is 1.83 bits per heavy atom. The van der Waals surface area contributed by atoms with Crippen molar-refractivity contribution >= 4 is 26.7 Å². The zero-order chi connectivity index (χ0) is 20.9. The molecule has 0 aliphatic rings. The van der Waals surface area contributed by atoms with Crippen LogP contribution in [0.4, 0.5) is 14.6 Å². The highest BCUT2D eigenvalue weighted by Gasteiger charge is 2.23. The van der Waals surface area contributed by atoms with E-state index in [1.54, 1.807) is 16.7 Å². The van der Waals surface area contributed by atoms with E-state index >= 15 is 0 Å². The molecule has 0 aliphatic carbocycles. The summed E-state index contributed by atoms with van der Waals surface area (Å²) in [5.74, 6) is -1.72. The third kappa shape index (κ3) is 3.03. The summed E-state index contributed by atoms with van der Waals surface area (Å²) in [6.45, 7) is 3.69. The molecule has 0 spiro atoms. The average molecular weight is 414 g/mol. The summed E-state index contributed by atoms with van der Waals surface area (Å²) in [5, 5.41) is 0. The normalized spacial score (nSPS) is 11.9. The summed E-state index contributed by atoms with van der Waals surface area (Å²) in [6, 6.07) is 8.38. The van der Waals surface area contributed by atoms with Crippen molar-refractivity contribution in [3.63, 3.8) is 0 Å². The van der Waals surface area contributed by atoms with Crippen molar-refractivity contribution in [3.05, 3.63) is 71.7 Å². The van der Waals surface area contributed by atoms with Crippen LogP contribution in [-0.4, -0.2) is 23.0 Å². The molecule has 29 heavy (non-hydrogen) atoms. The molecular formula is C20H16F2N4O2S. The predicted molar refractivity (Wildman–Crippen MR) is 105 cm³/mol. The van der Waals surface area contributed by atoms with Gasteiger partial charge >= 0.3 is 0 Å². The van der Waals surface area contributed by atoms with Crippen LogP contribution in [0.25, 0.3) is 16.7 Å². The Kier molecular flexibility index (Phi) is 4.34. The summed E-state index contributed by atoms with van der Waals surface area (Å²) >= 11 is 0. The van der Waals surface area contributed by atoms with E-state index in [9.17, 15) is 17.2 Å². The third-order valence-electron chi connectivity index (χ3n) is 4.79. The molecular weight excluding hydrogens is 398 g/mol. The number of aryl methyl sites for hydroxylation is 2. The van der Waals surface area contributed by atoms with Gasteiger partial charge in [-0.1, -0.05) is 6.07 Å². The fourth-order valence-corrected chi connectivity index (χ4v) is 4.55. The molecule has 0 bridgehead atoms. The molecule has 2 heterocycles. The van der Waals surface area contributed by atoms with E-state index in [-0.39, 0.29) is 10.7 Å². The fraction of sp³-hybridized carbons (Fsp3) is 0.100. The van der Waals surface area contributed by atoms with Gasteiger partial charge in [0.15, 0.2) is 5.82 Å². The quantitative estimate of drug-likeness (QED) is 0.516. The second-order valence-electron chi connectivity index (χ2n) is 6.59. The predicted octanol–water partition coefficient (Wildman–Crippen LogP) is 3.73. The van der Waals surface area contributed by atoms with E-state index < -0.39 is 26.4 Å². The lowest BCUT2D eigenvalue weighted by Crippen LogP contribution is -2.06. The fourth-order valence-electron chi connectivity index (χ4n) is 3.20. The number of halogens is 2. The molecule has 0 atom stereocenters. The number of benzene rings is 2. The Balaban J connectivity index is 1.90. The largest absolute Gasteiger partial charge is 0.382 e. The van der Waals surface area contributed by atoms with Crippen LogP contribution in [0.3, 0.4) is 0 Å². The zero-order valence-electron chi connectivity index (χ0n) is 15.5. The van der Waals surface area contributed by atoms with Gasteiger partial charge in [-0.3, -0.25) is 4.57 Å². The monoisotopic (exact) mass is 414 g/mol. The van der Waals surface area contributed by atoms with Gasteiger partial charge in [-0.25, -0.2) is 27.2 Å². The maximum atomic E-state index is 14.1. The van der Waals surface area contributed by atoms with Gasteiger partial charge in [0.05, 0.1) is 10.4 Å². The molecule has 148 valence electrons. The van der Waals surface area contributed by atoms with Crippen molar-refractivity contribution in [2.45, 2.75) is 23.6 Å². The molecule has 4 rings (SSSR count). The minimum Gasteiger partial charge on any atom is -0.382 e. The summed E-state index contributed by atoms with van der Waals surface area (Å²) in [4.78, 5) is 7.83. The lowest BCUT2D eigenvalue weighted by molar-refractivity contribution is 0.549. The summed E-state index contributed by atoms with van der Waals surface area (Å²) in [5.41, 5.74) is 9.26. The maximum absolute atomic E-state index is 14.1. The molecule has 0 saturated carbocycles. The zero-order valence-corrected chi connectivity index (χ0v) is 16.3. The highest BCUT2D eigenvalue weighted by molar-refractivity contribution is 7.91. The van der Waals surface area contributed by atoms with Gasteiger partial charge < -0.3 is 5.73 Å². The van der Waals surface area contributed by atoms with Crippen LogP contribution in [0.2, 0.25) is 0 Å². The summed E-state index contributed by atoms with van der Waals surface area (Å²) in [6.07, 6.45) is 1.53. The Labute approximate surface area is 165 Å². The minimum atomic E-state index is -4.19. The van der Waals surface area contributed by atoms with Crippen molar-refractivity contribution in [3.8, 4) is 5.69 Å². The molecule has 0 saturated heterocycles. The number of anilines is 1. The smallest absolute Gasteiger partial charge is 0.209 e. The number of hydrogen-bond donors (Lipinski definition) is 1. The minimum absolute atomic E-state index is 0.126. The Morgan fingerprint density at radius 3 is 2.55 bits per heavy atom. The van der Waals surface area contributed by atoms with Gasteiger partial charge in [0.2, 0.25) is 9.84 Å². The van der Waals surface area contributed by atoms with Crippen LogP contribution < -0.4 is 5.73 Å². The van der Waals surface area contributed by atoms with E-state index in [0.717, 1.165) is 23.4 Å². The summed E-state index contributed by atoms with van der Waals surface area (Å²) < 4.78 is 54.8. The molecule has 4 aromatic rings. The van der Waals surface area contributed by atoms with Gasteiger partial charge in [-0.05, 0) is 49.7 Å². The molecule has 0 aliphatic heterocycles. The number of hydrogen-bond acceptors (Lipinski definition) is 5. The number of nitrogen functional groups attached to an aromatic ring is 1. The maximum Gasteiger partial charge on any atom is 0.209 e. The standard InChI is InChI=1S/C20H16F2N4O2S/c1-11-12(2)25-20(23)18-19(11)26(10-24-18)14-4-3-5-15(9-14)29(27,28)17-7-6-13(21)8-16(17)22/h3-10H,1-2H3,(H2,23,25). The van der Waals surface area contributed by atoms with Crippen molar-refractivity contribution in [1.29, 1.82) is 0 Å². The van der Waals surface area contributed by atoms with Crippen molar-refractivity contribution < 1.29 is 17.2 Å². The van der Waals surface area contributed by atoms with E-state index in [1.165, 1.54) is 18.5 Å². The van der Waals surface area contributed by atoms with Crippen LogP contribution in [0, 0.1) is 25.5 Å². The molecule has 0 unspecified atom stereocenters. The van der Waals surface area contributed by atoms with Crippen LogP contribution in [0.15, 0.2) is 58.6 Å². The number of sulfone groups is 1.